The Labute approximate surface area is 110 Å². The van der Waals surface area contributed by atoms with Gasteiger partial charge in [-0.2, -0.15) is 5.10 Å². The number of nitrogens with zero attached hydrogens (tertiary/aromatic N) is 1. The Bertz CT molecular complexity index is 568. The van der Waals surface area contributed by atoms with Gasteiger partial charge in [-0.1, -0.05) is 12.1 Å². The maximum Gasteiger partial charge on any atom is 0.331 e. The lowest BCUT2D eigenvalue weighted by atomic mass is 9.94. The quantitative estimate of drug-likeness (QED) is 0.762. The molecule has 0 radical (unpaired) electrons. The molecule has 100 valence electrons. The van der Waals surface area contributed by atoms with Crippen LogP contribution in [0.4, 0.5) is 5.69 Å². The molecule has 2 rings (SSSR count). The normalized spacial score (nSPS) is 21.5. The van der Waals surface area contributed by atoms with E-state index in [0.29, 0.717) is 17.8 Å². The maximum atomic E-state index is 11.1. The zero-order valence-electron chi connectivity index (χ0n) is 10.7. The molecule has 1 aliphatic rings. The molecule has 1 atom stereocenters. The SMILES string of the molecule is CC(=O)Nc1cccc(C2=NNC(C)(C(=O)O)C2)c1. The number of carboxylic acids is 1. The number of nitrogens with one attached hydrogen (secondary N) is 2. The topological polar surface area (TPSA) is 90.8 Å². The number of hydrogen-bond donors (Lipinski definition) is 3. The first-order valence-corrected chi connectivity index (χ1v) is 5.86. The summed E-state index contributed by atoms with van der Waals surface area (Å²) < 4.78 is 0. The second kappa shape index (κ2) is 4.72. The van der Waals surface area contributed by atoms with Crippen molar-refractivity contribution in [3.63, 3.8) is 0 Å². The van der Waals surface area contributed by atoms with Gasteiger partial charge in [-0.25, -0.2) is 4.79 Å². The van der Waals surface area contributed by atoms with Crippen LogP contribution in [0.1, 0.15) is 25.8 Å². The summed E-state index contributed by atoms with van der Waals surface area (Å²) in [6.45, 7) is 3.02. The van der Waals surface area contributed by atoms with Gasteiger partial charge < -0.3 is 10.4 Å². The van der Waals surface area contributed by atoms with Gasteiger partial charge in [0.05, 0.1) is 5.71 Å². The number of benzene rings is 1. The van der Waals surface area contributed by atoms with Crippen molar-refractivity contribution < 1.29 is 14.7 Å². The lowest BCUT2D eigenvalue weighted by Gasteiger charge is -2.17. The number of carbonyl (C=O) groups excluding carboxylic acids is 1. The van der Waals surface area contributed by atoms with Gasteiger partial charge in [0.1, 0.15) is 0 Å². The molecule has 6 heteroatoms. The molecule has 0 aromatic heterocycles. The summed E-state index contributed by atoms with van der Waals surface area (Å²) in [7, 11) is 0. The van der Waals surface area contributed by atoms with E-state index < -0.39 is 11.5 Å². The molecule has 3 N–H and O–H groups in total. The molecule has 1 aromatic rings. The Morgan fingerprint density at radius 3 is 2.79 bits per heavy atom. The molecule has 0 spiro atoms. The third-order valence-electron chi connectivity index (χ3n) is 2.95. The predicted octanol–water partition coefficient (Wildman–Crippen LogP) is 1.19. The largest absolute Gasteiger partial charge is 0.479 e. The first kappa shape index (κ1) is 13.1. The number of amides is 1. The Balaban J connectivity index is 2.20. The molecule has 1 aliphatic heterocycles. The van der Waals surface area contributed by atoms with Crippen LogP contribution >= 0.6 is 0 Å². The van der Waals surface area contributed by atoms with Crippen LogP contribution in [-0.4, -0.2) is 28.2 Å². The minimum Gasteiger partial charge on any atom is -0.479 e. The van der Waals surface area contributed by atoms with E-state index in [4.69, 9.17) is 5.11 Å². The van der Waals surface area contributed by atoms with Crippen molar-refractivity contribution >= 4 is 23.3 Å². The Morgan fingerprint density at radius 1 is 1.47 bits per heavy atom. The number of carboxylic acid groups (broad SMARTS) is 1. The molecule has 6 nitrogen and oxygen atoms in total. The minimum atomic E-state index is -1.07. The van der Waals surface area contributed by atoms with Crippen molar-refractivity contribution in [1.82, 2.24) is 5.43 Å². The van der Waals surface area contributed by atoms with Crippen LogP contribution < -0.4 is 10.7 Å². The number of hydrazone groups is 1. The summed E-state index contributed by atoms with van der Waals surface area (Å²) in [5.41, 5.74) is 3.69. The summed E-state index contributed by atoms with van der Waals surface area (Å²) >= 11 is 0. The highest BCUT2D eigenvalue weighted by molar-refractivity contribution is 6.06. The van der Waals surface area contributed by atoms with Crippen LogP contribution in [0.3, 0.4) is 0 Å². The van der Waals surface area contributed by atoms with E-state index in [1.54, 1.807) is 25.1 Å². The van der Waals surface area contributed by atoms with Gasteiger partial charge in [-0.15, -0.1) is 0 Å². The van der Waals surface area contributed by atoms with Gasteiger partial charge in [-0.3, -0.25) is 10.2 Å². The van der Waals surface area contributed by atoms with Crippen LogP contribution in [0.15, 0.2) is 29.4 Å². The number of hydrogen-bond acceptors (Lipinski definition) is 4. The van der Waals surface area contributed by atoms with Crippen LogP contribution in [0.5, 0.6) is 0 Å². The average Bonchev–Trinajstić information content (AvgIpc) is 2.73. The van der Waals surface area contributed by atoms with Crippen molar-refractivity contribution in [3.8, 4) is 0 Å². The van der Waals surface area contributed by atoms with Gasteiger partial charge >= 0.3 is 5.97 Å². The third kappa shape index (κ3) is 2.73. The van der Waals surface area contributed by atoms with E-state index >= 15 is 0 Å². The molecule has 1 unspecified atom stereocenters. The van der Waals surface area contributed by atoms with E-state index in [-0.39, 0.29) is 5.91 Å². The fourth-order valence-electron chi connectivity index (χ4n) is 1.87. The summed E-state index contributed by atoms with van der Waals surface area (Å²) in [5.74, 6) is -1.09. The fraction of sp³-hybridized carbons (Fsp3) is 0.308. The number of aliphatic carboxylic acids is 1. The van der Waals surface area contributed by atoms with Crippen LogP contribution in [0.2, 0.25) is 0 Å². The highest BCUT2D eigenvalue weighted by Gasteiger charge is 2.38. The van der Waals surface area contributed by atoms with Crippen molar-refractivity contribution in [2.75, 3.05) is 5.32 Å². The zero-order chi connectivity index (χ0) is 14.0. The summed E-state index contributed by atoms with van der Waals surface area (Å²) in [6.07, 6.45) is 0.297. The smallest absolute Gasteiger partial charge is 0.331 e. The van der Waals surface area contributed by atoms with E-state index in [9.17, 15) is 9.59 Å². The van der Waals surface area contributed by atoms with Gasteiger partial charge in [-0.05, 0) is 24.6 Å². The summed E-state index contributed by atoms with van der Waals surface area (Å²) in [4.78, 5) is 22.1. The Kier molecular flexibility index (Phi) is 3.25. The van der Waals surface area contributed by atoms with E-state index in [1.165, 1.54) is 6.92 Å². The minimum absolute atomic E-state index is 0.154. The van der Waals surface area contributed by atoms with Crippen LogP contribution in [0, 0.1) is 0 Å². The standard InChI is InChI=1S/C13H15N3O3/c1-8(17)14-10-5-3-4-9(6-10)11-7-13(2,12(18)19)16-15-11/h3-6,16H,7H2,1-2H3,(H,14,17)(H,18,19). The fourth-order valence-corrected chi connectivity index (χ4v) is 1.87. The molecule has 0 aliphatic carbocycles. The lowest BCUT2D eigenvalue weighted by Crippen LogP contribution is -2.44. The number of carbonyl (C=O) groups is 2. The van der Waals surface area contributed by atoms with Crippen molar-refractivity contribution in [3.05, 3.63) is 29.8 Å². The molecule has 0 saturated carbocycles. The van der Waals surface area contributed by atoms with Gasteiger partial charge in [0.15, 0.2) is 5.54 Å². The molecular formula is C13H15N3O3. The average molecular weight is 261 g/mol. The Morgan fingerprint density at radius 2 is 2.21 bits per heavy atom. The van der Waals surface area contributed by atoms with E-state index in [0.717, 1.165) is 5.56 Å². The molecule has 1 aromatic carbocycles. The van der Waals surface area contributed by atoms with Crippen molar-refractivity contribution in [1.29, 1.82) is 0 Å². The summed E-state index contributed by atoms with van der Waals surface area (Å²) in [6, 6.07) is 7.17. The molecule has 1 amide bonds. The first-order valence-electron chi connectivity index (χ1n) is 5.86. The zero-order valence-corrected chi connectivity index (χ0v) is 10.7. The number of anilines is 1. The molecule has 0 bridgehead atoms. The van der Waals surface area contributed by atoms with Gasteiger partial charge in [0.2, 0.25) is 5.91 Å². The monoisotopic (exact) mass is 261 g/mol. The van der Waals surface area contributed by atoms with Gasteiger partial charge in [0, 0.05) is 19.0 Å². The third-order valence-corrected chi connectivity index (χ3v) is 2.95. The van der Waals surface area contributed by atoms with Gasteiger partial charge in [0.25, 0.3) is 0 Å². The molecule has 19 heavy (non-hydrogen) atoms. The van der Waals surface area contributed by atoms with Crippen LogP contribution in [-0.2, 0) is 9.59 Å². The Hall–Kier alpha value is -2.37. The summed E-state index contributed by atoms with van der Waals surface area (Å²) in [5, 5.41) is 15.9. The van der Waals surface area contributed by atoms with Crippen molar-refractivity contribution in [2.24, 2.45) is 5.10 Å². The first-order chi connectivity index (χ1) is 8.90. The molecule has 0 saturated heterocycles. The molecule has 1 heterocycles. The van der Waals surface area contributed by atoms with Crippen molar-refractivity contribution in [2.45, 2.75) is 25.8 Å². The maximum absolute atomic E-state index is 11.1. The second-order valence-corrected chi connectivity index (χ2v) is 4.75. The predicted molar refractivity (Wildman–Crippen MR) is 71.1 cm³/mol. The highest BCUT2D eigenvalue weighted by atomic mass is 16.4. The molecule has 0 fully saturated rings. The molecular weight excluding hydrogens is 246 g/mol. The van der Waals surface area contributed by atoms with E-state index in [1.807, 2.05) is 6.07 Å². The lowest BCUT2D eigenvalue weighted by molar-refractivity contribution is -0.143. The highest BCUT2D eigenvalue weighted by Crippen LogP contribution is 2.22. The number of rotatable bonds is 3. The van der Waals surface area contributed by atoms with E-state index in [2.05, 4.69) is 15.8 Å². The second-order valence-electron chi connectivity index (χ2n) is 4.75. The van der Waals surface area contributed by atoms with Crippen LogP contribution in [0.25, 0.3) is 0 Å².